The Hall–Kier alpha value is -0.0800. The van der Waals surface area contributed by atoms with E-state index in [4.69, 9.17) is 5.73 Å². The van der Waals surface area contributed by atoms with Gasteiger partial charge in [-0.15, -0.1) is 0 Å². The first kappa shape index (κ1) is 10.4. The van der Waals surface area contributed by atoms with Crippen LogP contribution in [0.4, 0.5) is 0 Å². The Morgan fingerprint density at radius 2 is 2.07 bits per heavy atom. The maximum absolute atomic E-state index is 5.83. The molecule has 0 aromatic carbocycles. The van der Waals surface area contributed by atoms with E-state index in [1.54, 1.807) is 0 Å². The van der Waals surface area contributed by atoms with Gasteiger partial charge in [0, 0.05) is 13.1 Å². The Balaban J connectivity index is 1.76. The summed E-state index contributed by atoms with van der Waals surface area (Å²) in [6.45, 7) is 7.07. The summed E-state index contributed by atoms with van der Waals surface area (Å²) in [5.41, 5.74) is 6.36. The third-order valence-corrected chi connectivity index (χ3v) is 3.70. The lowest BCUT2D eigenvalue weighted by molar-refractivity contribution is 0.214. The molecular weight excluding hydrogens is 172 g/mol. The fourth-order valence-corrected chi connectivity index (χ4v) is 2.29. The molecule has 0 atom stereocenters. The van der Waals surface area contributed by atoms with Crippen molar-refractivity contribution >= 4 is 0 Å². The molecule has 2 N–H and O–H groups in total. The monoisotopic (exact) mass is 196 g/mol. The molecule has 14 heavy (non-hydrogen) atoms. The highest BCUT2D eigenvalue weighted by molar-refractivity contribution is 4.96. The van der Waals surface area contributed by atoms with E-state index >= 15 is 0 Å². The fourth-order valence-electron chi connectivity index (χ4n) is 2.29. The maximum atomic E-state index is 5.83. The molecule has 0 aromatic rings. The van der Waals surface area contributed by atoms with Crippen molar-refractivity contribution in [2.24, 2.45) is 17.1 Å². The van der Waals surface area contributed by atoms with Gasteiger partial charge in [0.1, 0.15) is 0 Å². The van der Waals surface area contributed by atoms with Crippen LogP contribution < -0.4 is 5.73 Å². The van der Waals surface area contributed by atoms with Gasteiger partial charge >= 0.3 is 0 Å². The largest absolute Gasteiger partial charge is 0.330 e. The lowest BCUT2D eigenvalue weighted by Gasteiger charge is -2.26. The Kier molecular flexibility index (Phi) is 3.13. The van der Waals surface area contributed by atoms with E-state index in [2.05, 4.69) is 11.8 Å². The van der Waals surface area contributed by atoms with E-state index in [0.717, 1.165) is 12.5 Å². The van der Waals surface area contributed by atoms with Gasteiger partial charge in [0.25, 0.3) is 0 Å². The molecule has 2 aliphatic rings. The Bertz CT molecular complexity index is 183. The van der Waals surface area contributed by atoms with Gasteiger partial charge < -0.3 is 10.6 Å². The zero-order chi connectivity index (χ0) is 10.0. The normalized spacial score (nSPS) is 24.2. The third-order valence-electron chi connectivity index (χ3n) is 3.70. The first-order chi connectivity index (χ1) is 6.78. The average Bonchev–Trinajstić information content (AvgIpc) is 3.02. The van der Waals surface area contributed by atoms with Crippen LogP contribution in [0.15, 0.2) is 0 Å². The van der Waals surface area contributed by atoms with E-state index in [9.17, 15) is 0 Å². The molecule has 2 fully saturated rings. The molecule has 0 amide bonds. The van der Waals surface area contributed by atoms with Crippen LogP contribution in [0.25, 0.3) is 0 Å². The highest BCUT2D eigenvalue weighted by Gasteiger charge is 2.42. The lowest BCUT2D eigenvalue weighted by atomic mass is 10.1. The molecule has 0 radical (unpaired) electrons. The number of hydrogen-bond acceptors (Lipinski definition) is 2. The van der Waals surface area contributed by atoms with Crippen molar-refractivity contribution in [1.29, 1.82) is 0 Å². The molecule has 0 aliphatic heterocycles. The number of nitrogens with zero attached hydrogens (tertiary/aromatic N) is 1. The van der Waals surface area contributed by atoms with Gasteiger partial charge in [0.05, 0.1) is 0 Å². The van der Waals surface area contributed by atoms with Crippen LogP contribution in [-0.2, 0) is 0 Å². The zero-order valence-electron chi connectivity index (χ0n) is 9.47. The van der Waals surface area contributed by atoms with Crippen LogP contribution in [0, 0.1) is 11.3 Å². The van der Waals surface area contributed by atoms with Crippen molar-refractivity contribution in [3.8, 4) is 0 Å². The number of rotatable bonds is 7. The highest BCUT2D eigenvalue weighted by atomic mass is 15.1. The summed E-state index contributed by atoms with van der Waals surface area (Å²) in [5, 5.41) is 0. The molecule has 2 aliphatic carbocycles. The van der Waals surface area contributed by atoms with E-state index in [-0.39, 0.29) is 0 Å². The van der Waals surface area contributed by atoms with Gasteiger partial charge in [0.15, 0.2) is 0 Å². The molecule has 0 saturated heterocycles. The van der Waals surface area contributed by atoms with Crippen molar-refractivity contribution in [2.45, 2.75) is 39.0 Å². The second kappa shape index (κ2) is 4.19. The number of hydrogen-bond donors (Lipinski definition) is 1. The summed E-state index contributed by atoms with van der Waals surface area (Å²) in [5.74, 6) is 1.02. The average molecular weight is 196 g/mol. The van der Waals surface area contributed by atoms with Crippen molar-refractivity contribution in [1.82, 2.24) is 4.90 Å². The smallest absolute Gasteiger partial charge is 0.00502 e. The second-order valence-electron chi connectivity index (χ2n) is 5.38. The minimum absolute atomic E-state index is 0.532. The predicted molar refractivity (Wildman–Crippen MR) is 60.2 cm³/mol. The van der Waals surface area contributed by atoms with Gasteiger partial charge in [0.2, 0.25) is 0 Å². The molecule has 0 aromatic heterocycles. The molecule has 0 spiro atoms. The van der Waals surface area contributed by atoms with Gasteiger partial charge in [-0.2, -0.15) is 0 Å². The lowest BCUT2D eigenvalue weighted by Crippen LogP contribution is -2.36. The van der Waals surface area contributed by atoms with Crippen LogP contribution in [-0.4, -0.2) is 31.1 Å². The van der Waals surface area contributed by atoms with E-state index < -0.39 is 0 Å². The Morgan fingerprint density at radius 3 is 2.50 bits per heavy atom. The summed E-state index contributed by atoms with van der Waals surface area (Å²) in [7, 11) is 0. The van der Waals surface area contributed by atoms with E-state index in [0.29, 0.717) is 5.41 Å². The SMILES string of the molecule is CCCN(CC1CC1)CC1(CN)CC1. The first-order valence-electron chi connectivity index (χ1n) is 6.20. The fraction of sp³-hybridized carbons (Fsp3) is 1.00. The molecule has 2 saturated carbocycles. The second-order valence-corrected chi connectivity index (χ2v) is 5.38. The topological polar surface area (TPSA) is 29.3 Å². The highest BCUT2D eigenvalue weighted by Crippen LogP contribution is 2.45. The molecule has 0 bridgehead atoms. The van der Waals surface area contributed by atoms with Crippen molar-refractivity contribution < 1.29 is 0 Å². The van der Waals surface area contributed by atoms with Crippen molar-refractivity contribution in [2.75, 3.05) is 26.2 Å². The maximum Gasteiger partial charge on any atom is 0.00502 e. The summed E-state index contributed by atoms with van der Waals surface area (Å²) in [4.78, 5) is 2.66. The molecule has 2 rings (SSSR count). The van der Waals surface area contributed by atoms with Gasteiger partial charge in [-0.05, 0) is 56.5 Å². The number of nitrogens with two attached hydrogens (primary N) is 1. The first-order valence-corrected chi connectivity index (χ1v) is 6.20. The van der Waals surface area contributed by atoms with Crippen LogP contribution in [0.3, 0.4) is 0 Å². The Morgan fingerprint density at radius 1 is 1.36 bits per heavy atom. The summed E-state index contributed by atoms with van der Waals surface area (Å²) in [6.07, 6.45) is 6.96. The zero-order valence-corrected chi connectivity index (χ0v) is 9.47. The van der Waals surface area contributed by atoms with Crippen LogP contribution in [0.5, 0.6) is 0 Å². The molecule has 2 heteroatoms. The minimum atomic E-state index is 0.532. The molecule has 0 heterocycles. The van der Waals surface area contributed by atoms with E-state index in [1.165, 1.54) is 51.7 Å². The minimum Gasteiger partial charge on any atom is -0.330 e. The molecule has 2 nitrogen and oxygen atoms in total. The molecule has 0 unspecified atom stereocenters. The summed E-state index contributed by atoms with van der Waals surface area (Å²) < 4.78 is 0. The predicted octanol–water partition coefficient (Wildman–Crippen LogP) is 1.85. The Labute approximate surface area is 87.8 Å². The van der Waals surface area contributed by atoms with Crippen molar-refractivity contribution in [3.05, 3.63) is 0 Å². The van der Waals surface area contributed by atoms with Crippen molar-refractivity contribution in [3.63, 3.8) is 0 Å². The third kappa shape index (κ3) is 2.71. The molecular formula is C12H24N2. The standard InChI is InChI=1S/C12H24N2/c1-2-7-14(8-11-3-4-11)10-12(9-13)5-6-12/h11H,2-10,13H2,1H3. The van der Waals surface area contributed by atoms with Crippen LogP contribution in [0.1, 0.15) is 39.0 Å². The quantitative estimate of drug-likeness (QED) is 0.673. The summed E-state index contributed by atoms with van der Waals surface area (Å²) >= 11 is 0. The molecule has 82 valence electrons. The van der Waals surface area contributed by atoms with E-state index in [1.807, 2.05) is 0 Å². The summed E-state index contributed by atoms with van der Waals surface area (Å²) in [6, 6.07) is 0. The van der Waals surface area contributed by atoms with Crippen LogP contribution in [0.2, 0.25) is 0 Å². The van der Waals surface area contributed by atoms with Gasteiger partial charge in [-0.3, -0.25) is 0 Å². The van der Waals surface area contributed by atoms with Gasteiger partial charge in [-0.1, -0.05) is 6.92 Å². The van der Waals surface area contributed by atoms with Crippen LogP contribution >= 0.6 is 0 Å². The van der Waals surface area contributed by atoms with Gasteiger partial charge in [-0.25, -0.2) is 0 Å².